The quantitative estimate of drug-likeness (QED) is 0.429. The first kappa shape index (κ1) is 13.4. The van der Waals surface area contributed by atoms with Crippen LogP contribution < -0.4 is 5.56 Å². The van der Waals surface area contributed by atoms with Crippen LogP contribution in [0.3, 0.4) is 0 Å². The van der Waals surface area contributed by atoms with Gasteiger partial charge in [0.15, 0.2) is 0 Å². The Bertz CT molecular complexity index is 453. The van der Waals surface area contributed by atoms with Crippen molar-refractivity contribution in [2.45, 2.75) is 26.3 Å². The molecule has 1 aromatic heterocycles. The maximum Gasteiger partial charge on any atom is 0.288 e. The van der Waals surface area contributed by atoms with E-state index in [1.165, 1.54) is 16.8 Å². The number of pyridine rings is 1. The average Bonchev–Trinajstić information content (AvgIpc) is 2.26. The third-order valence-corrected chi connectivity index (χ3v) is 2.50. The van der Waals surface area contributed by atoms with E-state index in [0.717, 1.165) is 12.8 Å². The van der Waals surface area contributed by atoms with Crippen LogP contribution in [0, 0.1) is 17.0 Å². The van der Waals surface area contributed by atoms with E-state index in [1.807, 2.05) is 0 Å². The molecule has 0 aromatic carbocycles. The summed E-state index contributed by atoms with van der Waals surface area (Å²) in [5, 5.41) is 10.7. The fourth-order valence-electron chi connectivity index (χ4n) is 1.55. The fraction of sp³-hybridized carbons (Fsp3) is 0.545. The van der Waals surface area contributed by atoms with Crippen molar-refractivity contribution in [1.82, 2.24) is 4.57 Å². The normalized spacial score (nSPS) is 10.5. The molecule has 0 saturated carbocycles. The molecule has 1 heterocycles. The van der Waals surface area contributed by atoms with Gasteiger partial charge in [0.2, 0.25) is 0 Å². The lowest BCUT2D eigenvalue weighted by Gasteiger charge is -2.06. The van der Waals surface area contributed by atoms with Crippen LogP contribution in [0.2, 0.25) is 0 Å². The van der Waals surface area contributed by atoms with Crippen molar-refractivity contribution < 1.29 is 9.66 Å². The smallest absolute Gasteiger partial charge is 0.288 e. The fourth-order valence-corrected chi connectivity index (χ4v) is 1.55. The van der Waals surface area contributed by atoms with E-state index in [2.05, 4.69) is 0 Å². The Labute approximate surface area is 99.0 Å². The third-order valence-electron chi connectivity index (χ3n) is 2.50. The van der Waals surface area contributed by atoms with E-state index in [1.54, 1.807) is 14.0 Å². The maximum absolute atomic E-state index is 11.6. The predicted octanol–water partition coefficient (Wildman–Crippen LogP) is 1.49. The topological polar surface area (TPSA) is 74.4 Å². The molecule has 0 bridgehead atoms. The largest absolute Gasteiger partial charge is 0.385 e. The zero-order chi connectivity index (χ0) is 12.8. The van der Waals surface area contributed by atoms with Gasteiger partial charge in [0.05, 0.1) is 11.1 Å². The standard InChI is InChI=1S/C11H16N2O4/c1-9-7-11(14)12(5-3-4-6-17-2)8-10(9)13(15)16/h7-8H,3-6H2,1-2H3. The highest BCUT2D eigenvalue weighted by Gasteiger charge is 2.12. The predicted molar refractivity (Wildman–Crippen MR) is 63.2 cm³/mol. The Morgan fingerprint density at radius 1 is 1.47 bits per heavy atom. The van der Waals surface area contributed by atoms with Crippen LogP contribution in [0.1, 0.15) is 18.4 Å². The van der Waals surface area contributed by atoms with Crippen molar-refractivity contribution in [3.05, 3.63) is 38.3 Å². The van der Waals surface area contributed by atoms with E-state index in [4.69, 9.17) is 4.74 Å². The molecule has 0 aliphatic heterocycles. The second-order valence-corrected chi connectivity index (χ2v) is 3.83. The van der Waals surface area contributed by atoms with E-state index in [0.29, 0.717) is 18.7 Å². The molecule has 94 valence electrons. The second-order valence-electron chi connectivity index (χ2n) is 3.83. The zero-order valence-corrected chi connectivity index (χ0v) is 10.0. The minimum Gasteiger partial charge on any atom is -0.385 e. The molecule has 0 aliphatic carbocycles. The summed E-state index contributed by atoms with van der Waals surface area (Å²) in [4.78, 5) is 21.8. The first-order valence-corrected chi connectivity index (χ1v) is 5.40. The van der Waals surface area contributed by atoms with Crippen LogP contribution in [0.15, 0.2) is 17.1 Å². The van der Waals surface area contributed by atoms with Gasteiger partial charge in [0.25, 0.3) is 11.2 Å². The summed E-state index contributed by atoms with van der Waals surface area (Å²) in [7, 11) is 1.61. The molecule has 0 aliphatic rings. The lowest BCUT2D eigenvalue weighted by atomic mass is 10.2. The van der Waals surface area contributed by atoms with Gasteiger partial charge in [-0.25, -0.2) is 0 Å². The van der Waals surface area contributed by atoms with E-state index in [9.17, 15) is 14.9 Å². The van der Waals surface area contributed by atoms with Crippen LogP contribution in [0.5, 0.6) is 0 Å². The molecular weight excluding hydrogens is 224 g/mol. The number of aryl methyl sites for hydroxylation is 2. The number of ether oxygens (including phenoxy) is 1. The Balaban J connectivity index is 2.81. The van der Waals surface area contributed by atoms with Crippen LogP contribution in [0.4, 0.5) is 5.69 Å². The van der Waals surface area contributed by atoms with Gasteiger partial charge in [-0.2, -0.15) is 0 Å². The summed E-state index contributed by atoms with van der Waals surface area (Å²) in [5.41, 5.74) is 0.176. The molecular formula is C11H16N2O4. The van der Waals surface area contributed by atoms with Gasteiger partial charge in [-0.15, -0.1) is 0 Å². The summed E-state index contributed by atoms with van der Waals surface area (Å²) in [6.45, 7) is 2.67. The summed E-state index contributed by atoms with van der Waals surface area (Å²) < 4.78 is 6.27. The lowest BCUT2D eigenvalue weighted by Crippen LogP contribution is -2.20. The first-order chi connectivity index (χ1) is 8.06. The van der Waals surface area contributed by atoms with E-state index in [-0.39, 0.29) is 11.2 Å². The summed E-state index contributed by atoms with van der Waals surface area (Å²) in [6, 6.07) is 1.30. The van der Waals surface area contributed by atoms with Gasteiger partial charge >= 0.3 is 0 Å². The summed E-state index contributed by atoms with van der Waals surface area (Å²) >= 11 is 0. The number of hydrogen-bond acceptors (Lipinski definition) is 4. The van der Waals surface area contributed by atoms with Crippen molar-refractivity contribution in [3.63, 3.8) is 0 Å². The molecule has 0 unspecified atom stereocenters. The molecule has 17 heavy (non-hydrogen) atoms. The van der Waals surface area contributed by atoms with Gasteiger partial charge in [-0.05, 0) is 19.8 Å². The Kier molecular flexibility index (Phi) is 4.84. The van der Waals surface area contributed by atoms with Crippen molar-refractivity contribution in [3.8, 4) is 0 Å². The molecule has 0 amide bonds. The van der Waals surface area contributed by atoms with Gasteiger partial charge in [0.1, 0.15) is 0 Å². The average molecular weight is 240 g/mol. The number of aromatic nitrogens is 1. The number of methoxy groups -OCH3 is 1. The number of nitro groups is 1. The summed E-state index contributed by atoms with van der Waals surface area (Å²) in [5.74, 6) is 0. The van der Waals surface area contributed by atoms with Crippen LogP contribution in [-0.4, -0.2) is 23.2 Å². The van der Waals surface area contributed by atoms with Crippen molar-refractivity contribution >= 4 is 5.69 Å². The van der Waals surface area contributed by atoms with Gasteiger partial charge < -0.3 is 9.30 Å². The molecule has 0 saturated heterocycles. The monoisotopic (exact) mass is 240 g/mol. The van der Waals surface area contributed by atoms with Crippen molar-refractivity contribution in [1.29, 1.82) is 0 Å². The second kappa shape index (κ2) is 6.15. The van der Waals surface area contributed by atoms with Crippen LogP contribution >= 0.6 is 0 Å². The van der Waals surface area contributed by atoms with E-state index >= 15 is 0 Å². The van der Waals surface area contributed by atoms with Gasteiger partial charge in [0, 0.05) is 31.9 Å². The van der Waals surface area contributed by atoms with Gasteiger partial charge in [-0.1, -0.05) is 0 Å². The summed E-state index contributed by atoms with van der Waals surface area (Å²) in [6.07, 6.45) is 2.89. The van der Waals surface area contributed by atoms with E-state index < -0.39 is 4.92 Å². The number of hydrogen-bond donors (Lipinski definition) is 0. The first-order valence-electron chi connectivity index (χ1n) is 5.40. The Morgan fingerprint density at radius 2 is 2.18 bits per heavy atom. The Hall–Kier alpha value is -1.69. The molecule has 6 heteroatoms. The number of rotatable bonds is 6. The number of unbranched alkanes of at least 4 members (excludes halogenated alkanes) is 1. The third kappa shape index (κ3) is 3.67. The highest BCUT2D eigenvalue weighted by Crippen LogP contribution is 2.14. The van der Waals surface area contributed by atoms with Crippen molar-refractivity contribution in [2.75, 3.05) is 13.7 Å². The molecule has 0 atom stereocenters. The molecule has 6 nitrogen and oxygen atoms in total. The highest BCUT2D eigenvalue weighted by molar-refractivity contribution is 5.35. The molecule has 1 rings (SSSR count). The maximum atomic E-state index is 11.6. The molecule has 1 aromatic rings. The SMILES string of the molecule is COCCCCn1cc([N+](=O)[O-])c(C)cc1=O. The molecule has 0 radical (unpaired) electrons. The molecule has 0 fully saturated rings. The highest BCUT2D eigenvalue weighted by atomic mass is 16.6. The van der Waals surface area contributed by atoms with Crippen LogP contribution in [-0.2, 0) is 11.3 Å². The Morgan fingerprint density at radius 3 is 2.76 bits per heavy atom. The minimum atomic E-state index is -0.472. The lowest BCUT2D eigenvalue weighted by molar-refractivity contribution is -0.385. The molecule has 0 N–H and O–H groups in total. The zero-order valence-electron chi connectivity index (χ0n) is 10.0. The number of nitrogens with zero attached hydrogens (tertiary/aromatic N) is 2. The molecule has 0 spiro atoms. The van der Waals surface area contributed by atoms with Gasteiger partial charge in [-0.3, -0.25) is 14.9 Å². The minimum absolute atomic E-state index is 0.0173. The van der Waals surface area contributed by atoms with Crippen molar-refractivity contribution in [2.24, 2.45) is 0 Å². The van der Waals surface area contributed by atoms with Crippen LogP contribution in [0.25, 0.3) is 0 Å².